The van der Waals surface area contributed by atoms with Crippen LogP contribution in [0.1, 0.15) is 76.6 Å². The van der Waals surface area contributed by atoms with E-state index in [2.05, 4.69) is 10.6 Å². The molecule has 2 aromatic carbocycles. The summed E-state index contributed by atoms with van der Waals surface area (Å²) < 4.78 is 0. The van der Waals surface area contributed by atoms with E-state index in [0.717, 1.165) is 11.1 Å². The van der Waals surface area contributed by atoms with Crippen LogP contribution < -0.4 is 22.1 Å². The molecule has 0 aliphatic carbocycles. The third-order valence-corrected chi connectivity index (χ3v) is 8.83. The Kier molecular flexibility index (Phi) is 17.2. The Balaban J connectivity index is 2.06. The van der Waals surface area contributed by atoms with Crippen molar-refractivity contribution in [2.45, 2.75) is 90.9 Å². The topological polar surface area (TPSA) is 182 Å². The van der Waals surface area contributed by atoms with E-state index in [1.54, 1.807) is 44.9 Å². The van der Waals surface area contributed by atoms with Gasteiger partial charge in [-0.15, -0.1) is 0 Å². The number of Topliss-reactive ketones (excluding diaryl/α,β-unsaturated/α-hetero) is 3. The van der Waals surface area contributed by atoms with E-state index in [-0.39, 0.29) is 74.3 Å². The summed E-state index contributed by atoms with van der Waals surface area (Å²) in [6.45, 7) is 8.51. The second-order valence-electron chi connectivity index (χ2n) is 13.3. The van der Waals surface area contributed by atoms with Crippen molar-refractivity contribution in [2.75, 3.05) is 13.1 Å². The summed E-state index contributed by atoms with van der Waals surface area (Å²) in [6.07, 6.45) is 0.669. The SMILES string of the molecule is CB(O)[C@H](C)CC(=O)[C@H](CC(C)C)NC(=O)[C@H](C)CC(=O)[C@H](CCN)NC(=O)[C@H](CCN)CC(=O)c1ccc(-c2ccc(Cl)cc2)cc1. The fourth-order valence-corrected chi connectivity index (χ4v) is 5.48. The Hall–Kier alpha value is -3.38. The second-order valence-corrected chi connectivity index (χ2v) is 13.7. The molecule has 0 radical (unpaired) electrons. The van der Waals surface area contributed by atoms with E-state index in [4.69, 9.17) is 23.1 Å². The van der Waals surface area contributed by atoms with Gasteiger partial charge < -0.3 is 27.1 Å². The number of nitrogens with two attached hydrogens (primary N) is 2. The first-order valence-electron chi connectivity index (χ1n) is 16.8. The van der Waals surface area contributed by atoms with Gasteiger partial charge in [-0.05, 0) is 67.3 Å². The molecular weight excluding hydrogens is 631 g/mol. The number of carbonyl (C=O) groups is 5. The molecule has 0 unspecified atom stereocenters. The average Bonchev–Trinajstić information content (AvgIpc) is 3.03. The molecule has 5 atom stereocenters. The minimum atomic E-state index is -0.952. The Morgan fingerprint density at radius 2 is 1.27 bits per heavy atom. The van der Waals surface area contributed by atoms with E-state index in [1.807, 2.05) is 38.1 Å². The third-order valence-electron chi connectivity index (χ3n) is 8.58. The maximum absolute atomic E-state index is 13.4. The van der Waals surface area contributed by atoms with Crippen molar-refractivity contribution in [1.82, 2.24) is 10.6 Å². The molecule has 0 heterocycles. The highest BCUT2D eigenvalue weighted by atomic mass is 35.5. The number of carbonyl (C=O) groups excluding carboxylic acids is 5. The summed E-state index contributed by atoms with van der Waals surface area (Å²) in [4.78, 5) is 66.0. The molecule has 0 spiro atoms. The molecule has 7 N–H and O–H groups in total. The fourth-order valence-electron chi connectivity index (χ4n) is 5.35. The van der Waals surface area contributed by atoms with Gasteiger partial charge in [0.2, 0.25) is 11.8 Å². The molecule has 2 rings (SSSR count). The van der Waals surface area contributed by atoms with Crippen LogP contribution >= 0.6 is 11.6 Å². The molecule has 0 aliphatic rings. The van der Waals surface area contributed by atoms with Crippen LogP contribution in [-0.2, 0) is 19.2 Å². The van der Waals surface area contributed by atoms with Gasteiger partial charge in [0.1, 0.15) is 0 Å². The number of amides is 2. The van der Waals surface area contributed by atoms with Crippen LogP contribution in [0, 0.1) is 17.8 Å². The zero-order valence-corrected chi connectivity index (χ0v) is 29.6. The highest BCUT2D eigenvalue weighted by Crippen LogP contribution is 2.23. The molecule has 0 saturated carbocycles. The molecule has 2 amide bonds. The van der Waals surface area contributed by atoms with Gasteiger partial charge in [0, 0.05) is 41.7 Å². The highest BCUT2D eigenvalue weighted by molar-refractivity contribution is 6.50. The standard InChI is InChI=1S/C36H52BClN4O6/c1-22(2)18-31(34(45)20-24(4)37(5)48)42-35(46)23(3)19-33(44)30(15-17-40)41-36(47)28(14-16-39)21-32(43)27-8-6-25(7-9-27)26-10-12-29(38)13-11-26/h6-13,22-24,28,30-31,48H,14-21,39-40H2,1-5H3,(H,41,47)(H,42,46)/t23-,24-,28-,30+,31+/m1/s1. The number of halogens is 1. The summed E-state index contributed by atoms with van der Waals surface area (Å²) in [7, 11) is 0. The monoisotopic (exact) mass is 682 g/mol. The van der Waals surface area contributed by atoms with Gasteiger partial charge in [0.15, 0.2) is 17.3 Å². The lowest BCUT2D eigenvalue weighted by Gasteiger charge is -2.25. The first-order valence-corrected chi connectivity index (χ1v) is 17.2. The molecule has 0 fully saturated rings. The van der Waals surface area contributed by atoms with Gasteiger partial charge in [-0.2, -0.15) is 0 Å². The molecule has 0 aromatic heterocycles. The summed E-state index contributed by atoms with van der Waals surface area (Å²) in [5.41, 5.74) is 13.9. The van der Waals surface area contributed by atoms with Gasteiger partial charge in [0.05, 0.1) is 12.1 Å². The maximum atomic E-state index is 13.4. The van der Waals surface area contributed by atoms with Crippen LogP contribution in [0.25, 0.3) is 11.1 Å². The Morgan fingerprint density at radius 1 is 0.750 bits per heavy atom. The van der Waals surface area contributed by atoms with Crippen molar-refractivity contribution in [3.8, 4) is 11.1 Å². The van der Waals surface area contributed by atoms with Crippen LogP contribution in [0.3, 0.4) is 0 Å². The Labute approximate surface area is 290 Å². The van der Waals surface area contributed by atoms with E-state index in [1.165, 1.54) is 0 Å². The van der Waals surface area contributed by atoms with Crippen molar-refractivity contribution < 1.29 is 29.0 Å². The second kappa shape index (κ2) is 20.2. The first-order chi connectivity index (χ1) is 22.7. The lowest BCUT2D eigenvalue weighted by atomic mass is 9.58. The number of hydrogen-bond donors (Lipinski definition) is 5. The summed E-state index contributed by atoms with van der Waals surface area (Å²) >= 11 is 5.98. The first kappa shape index (κ1) is 40.8. The molecule has 10 nitrogen and oxygen atoms in total. The molecule has 0 saturated heterocycles. The quantitative estimate of drug-likeness (QED) is 0.0944. The average molecular weight is 683 g/mol. The van der Waals surface area contributed by atoms with Gasteiger partial charge in [-0.3, -0.25) is 24.0 Å². The molecule has 12 heteroatoms. The number of rotatable bonds is 21. The van der Waals surface area contributed by atoms with E-state index in [0.29, 0.717) is 17.0 Å². The van der Waals surface area contributed by atoms with Crippen molar-refractivity contribution in [2.24, 2.45) is 29.2 Å². The van der Waals surface area contributed by atoms with Crippen molar-refractivity contribution in [1.29, 1.82) is 0 Å². The summed E-state index contributed by atoms with van der Waals surface area (Å²) in [5, 5.41) is 16.0. The van der Waals surface area contributed by atoms with Crippen LogP contribution in [-0.4, -0.2) is 66.3 Å². The molecule has 0 bridgehead atoms. The van der Waals surface area contributed by atoms with Gasteiger partial charge in [-0.25, -0.2) is 0 Å². The zero-order valence-electron chi connectivity index (χ0n) is 28.8. The van der Waals surface area contributed by atoms with E-state index in [9.17, 15) is 29.0 Å². The van der Waals surface area contributed by atoms with Crippen LogP contribution in [0.4, 0.5) is 0 Å². The predicted molar refractivity (Wildman–Crippen MR) is 192 cm³/mol. The van der Waals surface area contributed by atoms with Gasteiger partial charge >= 0.3 is 0 Å². The van der Waals surface area contributed by atoms with Crippen molar-refractivity contribution in [3.63, 3.8) is 0 Å². The molecule has 2 aromatic rings. The Bertz CT molecular complexity index is 1370. The minimum absolute atomic E-state index is 0.0926. The van der Waals surface area contributed by atoms with Crippen LogP contribution in [0.5, 0.6) is 0 Å². The zero-order chi connectivity index (χ0) is 36.0. The summed E-state index contributed by atoms with van der Waals surface area (Å²) in [6, 6.07) is 12.8. The van der Waals surface area contributed by atoms with Crippen LogP contribution in [0.2, 0.25) is 17.7 Å². The fraction of sp³-hybridized carbons (Fsp3) is 0.528. The highest BCUT2D eigenvalue weighted by Gasteiger charge is 2.31. The number of benzene rings is 2. The Morgan fingerprint density at radius 3 is 1.79 bits per heavy atom. The lowest BCUT2D eigenvalue weighted by molar-refractivity contribution is -0.134. The number of ketones is 3. The molecule has 0 aliphatic heterocycles. The number of nitrogens with one attached hydrogen (secondary N) is 2. The number of hydrogen-bond acceptors (Lipinski definition) is 8. The van der Waals surface area contributed by atoms with E-state index >= 15 is 0 Å². The largest absolute Gasteiger partial charge is 0.450 e. The maximum Gasteiger partial charge on any atom is 0.289 e. The lowest BCUT2D eigenvalue weighted by Crippen LogP contribution is -2.48. The predicted octanol–water partition coefficient (Wildman–Crippen LogP) is 4.47. The van der Waals surface area contributed by atoms with Crippen molar-refractivity contribution >= 4 is 47.7 Å². The van der Waals surface area contributed by atoms with Gasteiger partial charge in [-0.1, -0.05) is 82.5 Å². The molecular formula is C36H52BClN4O6. The third kappa shape index (κ3) is 13.3. The molecule has 262 valence electrons. The normalized spacial score (nSPS) is 14.4. The smallest absolute Gasteiger partial charge is 0.289 e. The summed E-state index contributed by atoms with van der Waals surface area (Å²) in [5.74, 6) is -3.37. The van der Waals surface area contributed by atoms with Crippen molar-refractivity contribution in [3.05, 3.63) is 59.1 Å². The molecule has 48 heavy (non-hydrogen) atoms. The van der Waals surface area contributed by atoms with E-state index < -0.39 is 42.6 Å². The van der Waals surface area contributed by atoms with Crippen LogP contribution in [0.15, 0.2) is 48.5 Å². The van der Waals surface area contributed by atoms with Gasteiger partial charge in [0.25, 0.3) is 6.92 Å². The minimum Gasteiger partial charge on any atom is -0.450 e.